The molecule has 3 nitrogen and oxygen atoms in total. The molecule has 3 heteroatoms. The van der Waals surface area contributed by atoms with Crippen LogP contribution < -0.4 is 5.32 Å². The Hall–Kier alpha value is -0.930. The van der Waals surface area contributed by atoms with Crippen molar-refractivity contribution in [3.8, 4) is 0 Å². The Kier molecular flexibility index (Phi) is 3.69. The molecule has 1 aliphatic rings. The summed E-state index contributed by atoms with van der Waals surface area (Å²) in [5.41, 5.74) is 1.34. The topological polar surface area (TPSA) is 28.2 Å². The standard InChI is InChI=1S/C12H19N3/c1-15(10-12-3-2-6-14-12)9-11-4-7-13-8-5-11/h4-5,7-8,12,14H,2-3,6,9-10H2,1H3/t12-/m0/s1. The van der Waals surface area contributed by atoms with E-state index in [9.17, 15) is 0 Å². The molecule has 1 aromatic heterocycles. The molecule has 0 aliphatic carbocycles. The molecule has 15 heavy (non-hydrogen) atoms. The van der Waals surface area contributed by atoms with Crippen LogP contribution in [-0.4, -0.2) is 36.1 Å². The minimum Gasteiger partial charge on any atom is -0.313 e. The van der Waals surface area contributed by atoms with Crippen LogP contribution in [0.15, 0.2) is 24.5 Å². The van der Waals surface area contributed by atoms with Gasteiger partial charge < -0.3 is 10.2 Å². The largest absolute Gasteiger partial charge is 0.313 e. The van der Waals surface area contributed by atoms with Gasteiger partial charge in [0.25, 0.3) is 0 Å². The zero-order valence-corrected chi connectivity index (χ0v) is 9.32. The molecule has 0 amide bonds. The van der Waals surface area contributed by atoms with Crippen LogP contribution in [0.2, 0.25) is 0 Å². The van der Waals surface area contributed by atoms with Crippen molar-refractivity contribution in [3.63, 3.8) is 0 Å². The van der Waals surface area contributed by atoms with Gasteiger partial charge in [0.15, 0.2) is 0 Å². The van der Waals surface area contributed by atoms with E-state index in [4.69, 9.17) is 0 Å². The minimum absolute atomic E-state index is 0.692. The maximum Gasteiger partial charge on any atom is 0.0271 e. The van der Waals surface area contributed by atoms with Gasteiger partial charge in [-0.15, -0.1) is 0 Å². The Morgan fingerprint density at radius 1 is 1.47 bits per heavy atom. The van der Waals surface area contributed by atoms with E-state index in [1.54, 1.807) is 0 Å². The number of nitrogens with one attached hydrogen (secondary N) is 1. The second kappa shape index (κ2) is 5.24. The lowest BCUT2D eigenvalue weighted by molar-refractivity contribution is 0.293. The third kappa shape index (κ3) is 3.29. The third-order valence-corrected chi connectivity index (χ3v) is 2.90. The van der Waals surface area contributed by atoms with E-state index in [0.29, 0.717) is 6.04 Å². The fourth-order valence-corrected chi connectivity index (χ4v) is 2.15. The normalized spacial score (nSPS) is 21.1. The number of rotatable bonds is 4. The lowest BCUT2D eigenvalue weighted by atomic mass is 10.2. The van der Waals surface area contributed by atoms with E-state index in [1.807, 2.05) is 12.4 Å². The van der Waals surface area contributed by atoms with Crippen molar-refractivity contribution in [1.82, 2.24) is 15.2 Å². The molecule has 1 aromatic rings. The van der Waals surface area contributed by atoms with Gasteiger partial charge >= 0.3 is 0 Å². The van der Waals surface area contributed by atoms with Crippen LogP contribution >= 0.6 is 0 Å². The van der Waals surface area contributed by atoms with Crippen LogP contribution in [0.25, 0.3) is 0 Å². The minimum atomic E-state index is 0.692. The number of aromatic nitrogens is 1. The Labute approximate surface area is 91.5 Å². The van der Waals surface area contributed by atoms with Crippen LogP contribution in [0.3, 0.4) is 0 Å². The highest BCUT2D eigenvalue weighted by atomic mass is 15.1. The zero-order valence-electron chi connectivity index (χ0n) is 9.32. The first-order valence-electron chi connectivity index (χ1n) is 5.65. The van der Waals surface area contributed by atoms with Crippen LogP contribution in [-0.2, 0) is 6.54 Å². The van der Waals surface area contributed by atoms with Crippen LogP contribution in [0.4, 0.5) is 0 Å². The first-order chi connectivity index (χ1) is 7.34. The van der Waals surface area contributed by atoms with Crippen LogP contribution in [0.5, 0.6) is 0 Å². The van der Waals surface area contributed by atoms with E-state index in [-0.39, 0.29) is 0 Å². The van der Waals surface area contributed by atoms with Gasteiger partial charge in [0, 0.05) is 31.5 Å². The highest BCUT2D eigenvalue weighted by Crippen LogP contribution is 2.08. The van der Waals surface area contributed by atoms with Crippen LogP contribution in [0.1, 0.15) is 18.4 Å². The second-order valence-electron chi connectivity index (χ2n) is 4.35. The van der Waals surface area contributed by atoms with Crippen molar-refractivity contribution >= 4 is 0 Å². The Morgan fingerprint density at radius 3 is 2.93 bits per heavy atom. The summed E-state index contributed by atoms with van der Waals surface area (Å²) >= 11 is 0. The smallest absolute Gasteiger partial charge is 0.0271 e. The van der Waals surface area contributed by atoms with Gasteiger partial charge in [0.2, 0.25) is 0 Å². The lowest BCUT2D eigenvalue weighted by Crippen LogP contribution is -2.34. The Bertz CT molecular complexity index is 280. The molecule has 1 atom stereocenters. The predicted octanol–water partition coefficient (Wildman–Crippen LogP) is 1.27. The number of pyridine rings is 1. The number of nitrogens with zero attached hydrogens (tertiary/aromatic N) is 2. The van der Waals surface area contributed by atoms with Gasteiger partial charge in [-0.05, 0) is 44.1 Å². The molecule has 1 aliphatic heterocycles. The second-order valence-corrected chi connectivity index (χ2v) is 4.35. The predicted molar refractivity (Wildman–Crippen MR) is 61.6 cm³/mol. The summed E-state index contributed by atoms with van der Waals surface area (Å²) in [4.78, 5) is 6.40. The van der Waals surface area contributed by atoms with Gasteiger partial charge in [-0.1, -0.05) is 0 Å². The molecule has 1 fully saturated rings. The van der Waals surface area contributed by atoms with E-state index >= 15 is 0 Å². The highest BCUT2D eigenvalue weighted by molar-refractivity contribution is 5.09. The number of hydrogen-bond acceptors (Lipinski definition) is 3. The van der Waals surface area contributed by atoms with Gasteiger partial charge in [-0.25, -0.2) is 0 Å². The van der Waals surface area contributed by atoms with E-state index < -0.39 is 0 Å². The Morgan fingerprint density at radius 2 is 2.27 bits per heavy atom. The van der Waals surface area contributed by atoms with E-state index in [0.717, 1.165) is 13.1 Å². The van der Waals surface area contributed by atoms with E-state index in [2.05, 4.69) is 34.4 Å². The summed E-state index contributed by atoms with van der Waals surface area (Å²) < 4.78 is 0. The Balaban J connectivity index is 1.79. The molecular formula is C12H19N3. The first kappa shape index (κ1) is 10.6. The van der Waals surface area contributed by atoms with Gasteiger partial charge in [-0.2, -0.15) is 0 Å². The third-order valence-electron chi connectivity index (χ3n) is 2.90. The molecule has 2 rings (SSSR count). The monoisotopic (exact) mass is 205 g/mol. The highest BCUT2D eigenvalue weighted by Gasteiger charge is 2.15. The van der Waals surface area contributed by atoms with Gasteiger partial charge in [-0.3, -0.25) is 4.98 Å². The van der Waals surface area contributed by atoms with Gasteiger partial charge in [0.1, 0.15) is 0 Å². The molecule has 0 radical (unpaired) electrons. The van der Waals surface area contributed by atoms with Crippen molar-refractivity contribution in [2.45, 2.75) is 25.4 Å². The summed E-state index contributed by atoms with van der Waals surface area (Å²) in [7, 11) is 2.18. The molecule has 2 heterocycles. The fourth-order valence-electron chi connectivity index (χ4n) is 2.15. The molecule has 1 N–H and O–H groups in total. The molecule has 0 spiro atoms. The first-order valence-corrected chi connectivity index (χ1v) is 5.65. The number of hydrogen-bond donors (Lipinski definition) is 1. The quantitative estimate of drug-likeness (QED) is 0.802. The van der Waals surface area contributed by atoms with Crippen molar-refractivity contribution in [3.05, 3.63) is 30.1 Å². The zero-order chi connectivity index (χ0) is 10.5. The molecule has 82 valence electrons. The van der Waals surface area contributed by atoms with E-state index in [1.165, 1.54) is 24.9 Å². The maximum absolute atomic E-state index is 4.03. The molecule has 0 unspecified atom stereocenters. The lowest BCUT2D eigenvalue weighted by Gasteiger charge is -2.20. The van der Waals surface area contributed by atoms with Crippen molar-refractivity contribution < 1.29 is 0 Å². The molecule has 0 saturated carbocycles. The SMILES string of the molecule is CN(Cc1ccncc1)C[C@@H]1CCCN1. The average Bonchev–Trinajstić information content (AvgIpc) is 2.71. The summed E-state index contributed by atoms with van der Waals surface area (Å²) in [6, 6.07) is 4.86. The average molecular weight is 205 g/mol. The number of likely N-dealkylation sites (N-methyl/N-ethyl adjacent to an activating group) is 1. The summed E-state index contributed by atoms with van der Waals surface area (Å²) in [5.74, 6) is 0. The molecule has 0 bridgehead atoms. The summed E-state index contributed by atoms with van der Waals surface area (Å²) in [5, 5.41) is 3.52. The molecular weight excluding hydrogens is 186 g/mol. The van der Waals surface area contributed by atoms with Crippen molar-refractivity contribution in [2.24, 2.45) is 0 Å². The van der Waals surface area contributed by atoms with Gasteiger partial charge in [0.05, 0.1) is 0 Å². The van der Waals surface area contributed by atoms with Crippen LogP contribution in [0, 0.1) is 0 Å². The van der Waals surface area contributed by atoms with Crippen molar-refractivity contribution in [1.29, 1.82) is 0 Å². The molecule has 0 aromatic carbocycles. The fraction of sp³-hybridized carbons (Fsp3) is 0.583. The molecule has 1 saturated heterocycles. The maximum atomic E-state index is 4.03. The summed E-state index contributed by atoms with van der Waals surface area (Å²) in [6.45, 7) is 3.34. The summed E-state index contributed by atoms with van der Waals surface area (Å²) in [6.07, 6.45) is 6.36. The van der Waals surface area contributed by atoms with Crippen molar-refractivity contribution in [2.75, 3.05) is 20.1 Å².